The normalized spacial score (nSPS) is 12.6. The maximum atomic E-state index is 13.1. The van der Waals surface area contributed by atoms with Crippen molar-refractivity contribution in [3.8, 4) is 45.0 Å². The highest BCUT2D eigenvalue weighted by Gasteiger charge is 2.49. The lowest BCUT2D eigenvalue weighted by molar-refractivity contribution is -0.211. The summed E-state index contributed by atoms with van der Waals surface area (Å²) in [6.45, 7) is 16.0. The van der Waals surface area contributed by atoms with Crippen molar-refractivity contribution in [2.24, 2.45) is 21.7 Å². The van der Waals surface area contributed by atoms with Crippen molar-refractivity contribution >= 4 is 43.6 Å². The number of pyridine rings is 4. The Morgan fingerprint density at radius 2 is 0.515 bits per heavy atom. The molecule has 0 amide bonds. The third kappa shape index (κ3) is 18.7. The molecule has 0 radical (unpaired) electrons. The zero-order valence-corrected chi connectivity index (χ0v) is 57.0. The van der Waals surface area contributed by atoms with Crippen molar-refractivity contribution in [1.29, 1.82) is 0 Å². The van der Waals surface area contributed by atoms with Crippen molar-refractivity contribution in [2.75, 3.05) is 0 Å². The minimum absolute atomic E-state index is 0.0487. The fraction of sp³-hybridized carbons (Fsp3) is 0.277. The monoisotopic (exact) mass is 1360 g/mol. The molecule has 0 atom stereocenters. The molecule has 0 saturated carbocycles. The van der Waals surface area contributed by atoms with E-state index in [1.165, 1.54) is 66.5 Å². The number of nitrogens with zero attached hydrogens (tertiary/aromatic N) is 4. The second-order valence-corrected chi connectivity index (χ2v) is 28.1. The molecule has 0 unspecified atom stereocenters. The number of benzene rings is 8. The number of aryl methyl sites for hydroxylation is 3. The van der Waals surface area contributed by atoms with Gasteiger partial charge in [0.2, 0.25) is 0 Å². The predicted octanol–water partition coefficient (Wildman–Crippen LogP) is 25.1. The average Bonchev–Trinajstić information content (AvgIpc) is 0.821. The van der Waals surface area contributed by atoms with Crippen molar-refractivity contribution in [3.63, 3.8) is 0 Å². The van der Waals surface area contributed by atoms with Crippen LogP contribution in [0, 0.1) is 42.4 Å². The van der Waals surface area contributed by atoms with Crippen LogP contribution in [0.5, 0.6) is 0 Å². The first-order valence-corrected chi connectivity index (χ1v) is 32.4. The van der Waals surface area contributed by atoms with Gasteiger partial charge in [-0.3, -0.25) is 0 Å². The summed E-state index contributed by atoms with van der Waals surface area (Å²) in [5.74, 6) is 0. The molecule has 0 N–H and O–H groups in total. The van der Waals surface area contributed by atoms with Crippen LogP contribution in [-0.2, 0) is 25.7 Å². The van der Waals surface area contributed by atoms with E-state index >= 15 is 0 Å². The van der Waals surface area contributed by atoms with E-state index in [0.717, 1.165) is 88.7 Å². The van der Waals surface area contributed by atoms with Crippen LogP contribution < -0.4 is 0 Å². The summed E-state index contributed by atoms with van der Waals surface area (Å²) in [5.41, 5.74) is 9.66. The molecule has 0 fully saturated rings. The Bertz CT molecular complexity index is 4760. The second kappa shape index (κ2) is 29.2. The Morgan fingerprint density at radius 1 is 0.232 bits per heavy atom. The van der Waals surface area contributed by atoms with Crippen LogP contribution in [-0.4, -0.2) is 44.6 Å². The summed E-state index contributed by atoms with van der Waals surface area (Å²) in [4.78, 5) is 18.6. The number of fused-ring (bicyclic) bond motifs is 4. The topological polar surface area (TPSA) is 51.6 Å². The Labute approximate surface area is 570 Å². The van der Waals surface area contributed by atoms with Crippen LogP contribution in [0.2, 0.25) is 0 Å². The molecule has 99 heavy (non-hydrogen) atoms. The summed E-state index contributed by atoms with van der Waals surface area (Å²) >= 11 is 0. The molecule has 0 aliphatic rings. The van der Waals surface area contributed by atoms with E-state index < -0.39 is 46.4 Å². The molecule has 0 aliphatic carbocycles. The van der Waals surface area contributed by atoms with Crippen LogP contribution >= 0.6 is 0 Å². The summed E-state index contributed by atoms with van der Waals surface area (Å²) in [6.07, 6.45) is -17.1. The van der Waals surface area contributed by atoms with E-state index in [2.05, 4.69) is 39.2 Å². The zero-order valence-electron chi connectivity index (χ0n) is 57.0. The van der Waals surface area contributed by atoms with Crippen molar-refractivity contribution < 1.29 is 52.7 Å². The van der Waals surface area contributed by atoms with Gasteiger partial charge in [0, 0.05) is 43.8 Å². The van der Waals surface area contributed by atoms with E-state index in [4.69, 9.17) is 4.98 Å². The lowest BCUT2D eigenvalue weighted by Crippen LogP contribution is -2.34. The maximum Gasteiger partial charge on any atom is 0.394 e. The number of aromatic nitrogens is 4. The van der Waals surface area contributed by atoms with E-state index in [9.17, 15) is 52.7 Å². The fourth-order valence-electron chi connectivity index (χ4n) is 11.4. The van der Waals surface area contributed by atoms with Crippen molar-refractivity contribution in [2.45, 2.75) is 127 Å². The molecule has 0 saturated heterocycles. The molecular weight excluding hydrogens is 1280 g/mol. The van der Waals surface area contributed by atoms with Gasteiger partial charge in [-0.2, -0.15) is 52.7 Å². The molecule has 4 nitrogen and oxygen atoms in total. The third-order valence-electron chi connectivity index (χ3n) is 17.6. The number of alkyl halides is 12. The van der Waals surface area contributed by atoms with Crippen molar-refractivity contribution in [1.82, 2.24) is 19.9 Å². The summed E-state index contributed by atoms with van der Waals surface area (Å²) in [7, 11) is 0. The Kier molecular flexibility index (Phi) is 21.7. The predicted molar refractivity (Wildman–Crippen MR) is 377 cm³/mol. The van der Waals surface area contributed by atoms with Gasteiger partial charge in [0.1, 0.15) is 0 Å². The first-order valence-electron chi connectivity index (χ1n) is 32.4. The van der Waals surface area contributed by atoms with Gasteiger partial charge < -0.3 is 0 Å². The first-order chi connectivity index (χ1) is 46.2. The highest BCUT2D eigenvalue weighted by atomic mass is 19.4. The molecule has 4 heterocycles. The zero-order chi connectivity index (χ0) is 72.1. The number of rotatable bonds is 12. The molecule has 0 bridgehead atoms. The van der Waals surface area contributed by atoms with E-state index in [0.29, 0.717) is 27.8 Å². The third-order valence-corrected chi connectivity index (χ3v) is 17.6. The van der Waals surface area contributed by atoms with Gasteiger partial charge in [0.05, 0.1) is 66.5 Å². The fourth-order valence-corrected chi connectivity index (χ4v) is 11.4. The minimum atomic E-state index is -4.23. The molecule has 0 spiro atoms. The molecule has 4 aromatic heterocycles. The Hall–Kier alpha value is -9.44. The molecule has 16 heteroatoms. The Morgan fingerprint density at radius 3 is 0.869 bits per heavy atom. The minimum Gasteiger partial charge on any atom is -0.248 e. The van der Waals surface area contributed by atoms with Gasteiger partial charge in [-0.25, -0.2) is 19.9 Å². The average molecular weight is 1360 g/mol. The van der Waals surface area contributed by atoms with Crippen LogP contribution in [0.25, 0.3) is 88.6 Å². The van der Waals surface area contributed by atoms with Gasteiger partial charge in [0.25, 0.3) is 0 Å². The number of hydrogen-bond acceptors (Lipinski definition) is 4. The van der Waals surface area contributed by atoms with Gasteiger partial charge in [0.15, 0.2) is 0 Å². The first kappa shape index (κ1) is 73.8. The van der Waals surface area contributed by atoms with Crippen LogP contribution in [0.4, 0.5) is 52.7 Å². The Balaban J connectivity index is 0.000000154. The quantitative estimate of drug-likeness (QED) is 0.114. The largest absolute Gasteiger partial charge is 0.394 e. The lowest BCUT2D eigenvalue weighted by Gasteiger charge is -2.27. The van der Waals surface area contributed by atoms with E-state index in [1.807, 2.05) is 160 Å². The van der Waals surface area contributed by atoms with Crippen molar-refractivity contribution in [3.05, 3.63) is 263 Å². The number of halogens is 12. The smallest absolute Gasteiger partial charge is 0.248 e. The molecule has 0 aliphatic heterocycles. The molecule has 12 rings (SSSR count). The maximum absolute atomic E-state index is 13.1. The van der Waals surface area contributed by atoms with Crippen LogP contribution in [0.15, 0.2) is 224 Å². The standard InChI is InChI=1S/C22H22F3N.C21H20F3N.2C20H18F3N/c1-14-9-15(2)11-18(10-14)20-8-6-17-12-16(5-7-19(17)26-20)13-21(3,4)22(23,24)25;1-14-5-4-6-16(11-14)19-10-8-17-12-15(7-9-18(17)25-19)13-20(2,3)21(22,23)24;1-19(2,20(21,22)23)13-14-8-10-18-16(12-14)9-11-17(24-18)15-6-4-3-5-7-15;1-19(2,20(21,22)23)13-14-8-9-16-10-11-17(24-18(16)12-14)15-6-4-3-5-7-15/h5-12H,13H2,1-4H3;4-12H,13H2,1-3H3;2*3-12H,13H2,1-2H3. The molecule has 8 aromatic carbocycles. The number of hydrogen-bond donors (Lipinski definition) is 0. The SMILES string of the molecule is CC(C)(Cc1ccc2ccc(-c3ccccc3)nc2c1)C(F)(F)F.CC(C)(Cc1ccc2nc(-c3ccccc3)ccc2c1)C(F)(F)F.Cc1cc(C)cc(-c2ccc3cc(CC(C)(C)C(F)(F)F)ccc3n2)c1.Cc1cccc(-c2ccc3cc(CC(C)(C)C(F)(F)F)ccc3n2)c1. The van der Waals surface area contributed by atoms with E-state index in [1.54, 1.807) is 60.7 Å². The molecule has 514 valence electrons. The summed E-state index contributed by atoms with van der Waals surface area (Å²) in [6, 6.07) is 70.6. The van der Waals surface area contributed by atoms with Gasteiger partial charge in [-0.15, -0.1) is 0 Å². The van der Waals surface area contributed by atoms with Gasteiger partial charge in [-0.05, 0) is 154 Å². The molecular formula is C83H78F12N4. The summed E-state index contributed by atoms with van der Waals surface area (Å²) in [5, 5.41) is 3.48. The van der Waals surface area contributed by atoms with Crippen LogP contribution in [0.1, 0.15) is 94.3 Å². The highest BCUT2D eigenvalue weighted by Crippen LogP contribution is 2.44. The molecule has 12 aromatic rings. The van der Waals surface area contributed by atoms with Crippen LogP contribution in [0.3, 0.4) is 0 Å². The van der Waals surface area contributed by atoms with Gasteiger partial charge in [-0.1, -0.05) is 212 Å². The van der Waals surface area contributed by atoms with Gasteiger partial charge >= 0.3 is 24.7 Å². The second-order valence-electron chi connectivity index (χ2n) is 28.1. The van der Waals surface area contributed by atoms with E-state index in [-0.39, 0.29) is 25.7 Å². The highest BCUT2D eigenvalue weighted by molar-refractivity contribution is 5.85. The summed E-state index contributed by atoms with van der Waals surface area (Å²) < 4.78 is 157. The lowest BCUT2D eigenvalue weighted by atomic mass is 9.85.